The molecule has 1 aliphatic carbocycles. The summed E-state index contributed by atoms with van der Waals surface area (Å²) < 4.78 is 1.56. The van der Waals surface area contributed by atoms with E-state index in [0.29, 0.717) is 18.2 Å². The molecule has 0 bridgehead atoms. The van der Waals surface area contributed by atoms with E-state index < -0.39 is 0 Å². The molecule has 1 fully saturated rings. The number of amides is 2. The zero-order valence-electron chi connectivity index (χ0n) is 13.3. The fourth-order valence-corrected chi connectivity index (χ4v) is 2.94. The van der Waals surface area contributed by atoms with Crippen LogP contribution in [0, 0.1) is 5.92 Å². The molecule has 0 spiro atoms. The van der Waals surface area contributed by atoms with E-state index in [2.05, 4.69) is 5.32 Å². The second-order valence-electron chi connectivity index (χ2n) is 5.94. The fourth-order valence-electron chi connectivity index (χ4n) is 2.94. The van der Waals surface area contributed by atoms with Gasteiger partial charge in [0.2, 0.25) is 0 Å². The van der Waals surface area contributed by atoms with Crippen molar-refractivity contribution in [3.63, 3.8) is 0 Å². The van der Waals surface area contributed by atoms with Crippen LogP contribution in [0.25, 0.3) is 0 Å². The Kier molecular flexibility index (Phi) is 5.60. The number of hydrogen-bond acceptors (Lipinski definition) is 3. The summed E-state index contributed by atoms with van der Waals surface area (Å²) in [5.74, 6) is 0.376. The first-order valence-corrected chi connectivity index (χ1v) is 7.90. The van der Waals surface area contributed by atoms with Gasteiger partial charge in [0.15, 0.2) is 0 Å². The Morgan fingerprint density at radius 1 is 1.36 bits per heavy atom. The summed E-state index contributed by atoms with van der Waals surface area (Å²) in [6.07, 6.45) is 5.42. The Hall–Kier alpha value is -1.82. The van der Waals surface area contributed by atoms with Gasteiger partial charge in [-0.2, -0.15) is 0 Å². The zero-order chi connectivity index (χ0) is 16.1. The topological polar surface area (TPSA) is 74.6 Å². The van der Waals surface area contributed by atoms with Crippen molar-refractivity contribution in [2.45, 2.75) is 45.2 Å². The zero-order valence-corrected chi connectivity index (χ0v) is 13.3. The first kappa shape index (κ1) is 16.5. The molecule has 2 N–H and O–H groups in total. The lowest BCUT2D eigenvalue weighted by atomic mass is 9.86. The van der Waals surface area contributed by atoms with E-state index in [1.165, 1.54) is 6.07 Å². The van der Waals surface area contributed by atoms with Crippen LogP contribution in [0.2, 0.25) is 0 Å². The van der Waals surface area contributed by atoms with Crippen LogP contribution >= 0.6 is 0 Å². The van der Waals surface area contributed by atoms with Gasteiger partial charge in [-0.3, -0.25) is 4.79 Å². The number of aromatic nitrogens is 1. The van der Waals surface area contributed by atoms with Gasteiger partial charge < -0.3 is 19.9 Å². The molecule has 1 aliphatic rings. The Balaban J connectivity index is 1.95. The van der Waals surface area contributed by atoms with E-state index >= 15 is 0 Å². The Morgan fingerprint density at radius 3 is 2.64 bits per heavy atom. The van der Waals surface area contributed by atoms with Crippen molar-refractivity contribution in [2.24, 2.45) is 5.92 Å². The number of rotatable bonds is 4. The van der Waals surface area contributed by atoms with Gasteiger partial charge in [0.25, 0.3) is 5.56 Å². The van der Waals surface area contributed by atoms with Gasteiger partial charge >= 0.3 is 6.03 Å². The second-order valence-corrected chi connectivity index (χ2v) is 5.94. The standard InChI is InChI=1S/C16H25N3O3/c1-3-19-10-13(6-9-15(19)21)17-16(22)18(2)14-7-4-12(11-20)5-8-14/h6,9-10,12,14,20H,3-5,7-8,11H2,1-2H3,(H,17,22). The predicted molar refractivity (Wildman–Crippen MR) is 86.0 cm³/mol. The van der Waals surface area contributed by atoms with Crippen LogP contribution in [0.3, 0.4) is 0 Å². The van der Waals surface area contributed by atoms with E-state index in [4.69, 9.17) is 0 Å². The van der Waals surface area contributed by atoms with Gasteiger partial charge in [-0.25, -0.2) is 4.79 Å². The maximum Gasteiger partial charge on any atom is 0.321 e. The highest BCUT2D eigenvalue weighted by Crippen LogP contribution is 2.26. The third-order valence-electron chi connectivity index (χ3n) is 4.52. The van der Waals surface area contributed by atoms with Crippen molar-refractivity contribution in [3.05, 3.63) is 28.7 Å². The summed E-state index contributed by atoms with van der Waals surface area (Å²) in [5, 5.41) is 12.0. The van der Waals surface area contributed by atoms with E-state index in [9.17, 15) is 14.7 Å². The molecule has 6 nitrogen and oxygen atoms in total. The van der Waals surface area contributed by atoms with Crippen LogP contribution in [0.4, 0.5) is 10.5 Å². The van der Waals surface area contributed by atoms with Crippen molar-refractivity contribution >= 4 is 11.7 Å². The predicted octanol–water partition coefficient (Wildman–Crippen LogP) is 1.88. The highest BCUT2D eigenvalue weighted by atomic mass is 16.3. The minimum Gasteiger partial charge on any atom is -0.396 e. The molecule has 1 heterocycles. The smallest absolute Gasteiger partial charge is 0.321 e. The normalized spacial score (nSPS) is 21.4. The van der Waals surface area contributed by atoms with E-state index in [0.717, 1.165) is 25.7 Å². The minimum absolute atomic E-state index is 0.0730. The van der Waals surface area contributed by atoms with E-state index in [-0.39, 0.29) is 24.2 Å². The monoisotopic (exact) mass is 307 g/mol. The fraction of sp³-hybridized carbons (Fsp3) is 0.625. The van der Waals surface area contributed by atoms with Crippen LogP contribution in [0.5, 0.6) is 0 Å². The lowest BCUT2D eigenvalue weighted by molar-refractivity contribution is 0.139. The lowest BCUT2D eigenvalue weighted by Crippen LogP contribution is -2.42. The van der Waals surface area contributed by atoms with Crippen molar-refractivity contribution in [1.29, 1.82) is 0 Å². The summed E-state index contributed by atoms with van der Waals surface area (Å²) in [4.78, 5) is 25.6. The van der Waals surface area contributed by atoms with Gasteiger partial charge in [-0.15, -0.1) is 0 Å². The van der Waals surface area contributed by atoms with E-state index in [1.807, 2.05) is 6.92 Å². The molecule has 2 rings (SSSR count). The highest BCUT2D eigenvalue weighted by molar-refractivity contribution is 5.89. The number of urea groups is 1. The van der Waals surface area contributed by atoms with E-state index in [1.54, 1.807) is 28.8 Å². The number of aryl methyl sites for hydroxylation is 1. The first-order valence-electron chi connectivity index (χ1n) is 7.90. The number of hydrogen-bond donors (Lipinski definition) is 2. The van der Waals surface area contributed by atoms with Gasteiger partial charge in [0.1, 0.15) is 0 Å². The molecule has 1 aromatic rings. The number of carbonyl (C=O) groups excluding carboxylic acids is 1. The summed E-state index contributed by atoms with van der Waals surface area (Å²) >= 11 is 0. The number of pyridine rings is 1. The first-order chi connectivity index (χ1) is 10.5. The molecular formula is C16H25N3O3. The summed E-state index contributed by atoms with van der Waals surface area (Å²) in [6.45, 7) is 2.70. The average Bonchev–Trinajstić information content (AvgIpc) is 2.55. The van der Waals surface area contributed by atoms with Crippen LogP contribution in [0.15, 0.2) is 23.1 Å². The summed E-state index contributed by atoms with van der Waals surface area (Å²) in [7, 11) is 1.80. The molecular weight excluding hydrogens is 282 g/mol. The van der Waals surface area contributed by atoms with Crippen molar-refractivity contribution in [3.8, 4) is 0 Å². The lowest BCUT2D eigenvalue weighted by Gasteiger charge is -2.34. The second kappa shape index (κ2) is 7.45. The maximum atomic E-state index is 12.3. The summed E-state index contributed by atoms with van der Waals surface area (Å²) in [5.41, 5.74) is 0.554. The highest BCUT2D eigenvalue weighted by Gasteiger charge is 2.26. The molecule has 0 aliphatic heterocycles. The van der Waals surface area contributed by atoms with Crippen LogP contribution in [-0.2, 0) is 6.54 Å². The van der Waals surface area contributed by atoms with Gasteiger partial charge in [0.05, 0.1) is 5.69 Å². The average molecular weight is 307 g/mol. The minimum atomic E-state index is -0.159. The molecule has 0 unspecified atom stereocenters. The Labute approximate surface area is 130 Å². The largest absolute Gasteiger partial charge is 0.396 e. The van der Waals surface area contributed by atoms with Gasteiger partial charge in [-0.05, 0) is 44.6 Å². The molecule has 2 amide bonds. The SMILES string of the molecule is CCn1cc(NC(=O)N(C)C2CCC(CO)CC2)ccc1=O. The van der Waals surface area contributed by atoms with Gasteiger partial charge in [-0.1, -0.05) is 0 Å². The molecule has 0 atom stereocenters. The summed E-state index contributed by atoms with van der Waals surface area (Å²) in [6, 6.07) is 3.14. The third-order valence-corrected chi connectivity index (χ3v) is 4.52. The molecule has 0 aromatic carbocycles. The number of nitrogens with one attached hydrogen (secondary N) is 1. The molecule has 0 radical (unpaired) electrons. The number of aliphatic hydroxyl groups is 1. The molecule has 0 saturated heterocycles. The van der Waals surface area contributed by atoms with Gasteiger partial charge in [0, 0.05) is 38.5 Å². The third kappa shape index (κ3) is 3.88. The quantitative estimate of drug-likeness (QED) is 0.892. The maximum absolute atomic E-state index is 12.3. The number of nitrogens with zero attached hydrogens (tertiary/aromatic N) is 2. The van der Waals surface area contributed by atoms with Crippen LogP contribution in [-0.4, -0.2) is 40.3 Å². The molecule has 1 saturated carbocycles. The number of anilines is 1. The van der Waals surface area contributed by atoms with Crippen molar-refractivity contribution in [1.82, 2.24) is 9.47 Å². The number of aliphatic hydroxyl groups excluding tert-OH is 1. The van der Waals surface area contributed by atoms with Crippen molar-refractivity contribution < 1.29 is 9.90 Å². The Bertz CT molecular complexity index is 562. The molecule has 6 heteroatoms. The number of carbonyl (C=O) groups is 1. The van der Waals surface area contributed by atoms with Crippen LogP contribution < -0.4 is 10.9 Å². The van der Waals surface area contributed by atoms with Crippen molar-refractivity contribution in [2.75, 3.05) is 19.0 Å². The molecule has 122 valence electrons. The van der Waals surface area contributed by atoms with Crippen LogP contribution in [0.1, 0.15) is 32.6 Å². The molecule has 1 aromatic heterocycles. The Morgan fingerprint density at radius 2 is 2.05 bits per heavy atom. The molecule has 22 heavy (non-hydrogen) atoms.